The Balaban J connectivity index is 1.71. The molecule has 0 saturated carbocycles. The van der Waals surface area contributed by atoms with Gasteiger partial charge in [-0.1, -0.05) is 0 Å². The first-order chi connectivity index (χ1) is 11.1. The van der Waals surface area contributed by atoms with E-state index in [2.05, 4.69) is 10.3 Å². The molecule has 1 saturated heterocycles. The molecule has 2 amide bonds. The number of likely N-dealkylation sites (tertiary alicyclic amines) is 1. The Morgan fingerprint density at radius 2 is 2.17 bits per heavy atom. The molecule has 0 bridgehead atoms. The first-order valence-electron chi connectivity index (χ1n) is 7.21. The predicted octanol–water partition coefficient (Wildman–Crippen LogP) is 0.961. The molecule has 0 unspecified atom stereocenters. The van der Waals surface area contributed by atoms with Gasteiger partial charge < -0.3 is 15.0 Å². The standard InChI is InChI=1S/C16H16FN3O3/c1-23-9-14(21)19-10-7-20(8-10)16(22)12-4-5-13(17)11-3-2-6-18-15(11)12/h2-6,10H,7-9H2,1H3,(H,19,21). The van der Waals surface area contributed by atoms with Crippen LogP contribution in [0.4, 0.5) is 4.39 Å². The van der Waals surface area contributed by atoms with E-state index in [1.165, 1.54) is 25.4 Å². The van der Waals surface area contributed by atoms with Crippen LogP contribution in [0.5, 0.6) is 0 Å². The van der Waals surface area contributed by atoms with Crippen molar-refractivity contribution in [2.45, 2.75) is 6.04 Å². The summed E-state index contributed by atoms with van der Waals surface area (Å²) < 4.78 is 18.5. The average molecular weight is 317 g/mol. The van der Waals surface area contributed by atoms with E-state index in [0.717, 1.165) is 0 Å². The van der Waals surface area contributed by atoms with E-state index in [-0.39, 0.29) is 24.5 Å². The van der Waals surface area contributed by atoms with Crippen molar-refractivity contribution in [3.05, 3.63) is 41.8 Å². The number of nitrogens with zero attached hydrogens (tertiary/aromatic N) is 2. The number of methoxy groups -OCH3 is 1. The number of hydrogen-bond acceptors (Lipinski definition) is 4. The maximum Gasteiger partial charge on any atom is 0.256 e. The Morgan fingerprint density at radius 3 is 2.91 bits per heavy atom. The lowest BCUT2D eigenvalue weighted by Crippen LogP contribution is -2.61. The second-order valence-electron chi connectivity index (χ2n) is 5.40. The molecular weight excluding hydrogens is 301 g/mol. The summed E-state index contributed by atoms with van der Waals surface area (Å²) in [6.45, 7) is 0.830. The third-order valence-corrected chi connectivity index (χ3v) is 3.76. The Labute approximate surface area is 132 Å². The summed E-state index contributed by atoms with van der Waals surface area (Å²) in [5.41, 5.74) is 0.716. The molecule has 0 atom stereocenters. The predicted molar refractivity (Wildman–Crippen MR) is 81.4 cm³/mol. The van der Waals surface area contributed by atoms with E-state index < -0.39 is 5.82 Å². The first-order valence-corrected chi connectivity index (χ1v) is 7.21. The second-order valence-corrected chi connectivity index (χ2v) is 5.40. The van der Waals surface area contributed by atoms with Gasteiger partial charge in [-0.15, -0.1) is 0 Å². The van der Waals surface area contributed by atoms with Crippen LogP contribution in [-0.4, -0.2) is 54.5 Å². The number of amides is 2. The number of pyridine rings is 1. The zero-order chi connectivity index (χ0) is 16.4. The minimum atomic E-state index is -0.405. The number of ether oxygens (including phenoxy) is 1. The highest BCUT2D eigenvalue weighted by Gasteiger charge is 2.33. The van der Waals surface area contributed by atoms with Gasteiger partial charge in [-0.2, -0.15) is 0 Å². The molecule has 0 aliphatic carbocycles. The van der Waals surface area contributed by atoms with Gasteiger partial charge in [0.25, 0.3) is 5.91 Å². The number of carbonyl (C=O) groups is 2. The minimum Gasteiger partial charge on any atom is -0.375 e. The molecule has 1 aromatic heterocycles. The van der Waals surface area contributed by atoms with E-state index in [1.807, 2.05) is 0 Å². The van der Waals surface area contributed by atoms with Gasteiger partial charge in [0.15, 0.2) is 0 Å². The molecule has 2 aromatic rings. The van der Waals surface area contributed by atoms with Crippen LogP contribution in [0.2, 0.25) is 0 Å². The highest BCUT2D eigenvalue weighted by molar-refractivity contribution is 6.05. The third kappa shape index (κ3) is 3.00. The summed E-state index contributed by atoms with van der Waals surface area (Å²) in [7, 11) is 1.45. The highest BCUT2D eigenvalue weighted by atomic mass is 19.1. The molecule has 1 aliphatic heterocycles. The molecule has 0 spiro atoms. The SMILES string of the molecule is COCC(=O)NC1CN(C(=O)c2ccc(F)c3cccnc23)C1. The number of aromatic nitrogens is 1. The quantitative estimate of drug-likeness (QED) is 0.912. The van der Waals surface area contributed by atoms with E-state index in [4.69, 9.17) is 4.74 Å². The number of rotatable bonds is 4. The maximum absolute atomic E-state index is 13.8. The Kier molecular flexibility index (Phi) is 4.20. The normalized spacial score (nSPS) is 14.6. The van der Waals surface area contributed by atoms with Crippen LogP contribution >= 0.6 is 0 Å². The fourth-order valence-electron chi connectivity index (χ4n) is 2.62. The van der Waals surface area contributed by atoms with Crippen LogP contribution in [0.3, 0.4) is 0 Å². The van der Waals surface area contributed by atoms with Crippen LogP contribution in [-0.2, 0) is 9.53 Å². The van der Waals surface area contributed by atoms with E-state index >= 15 is 0 Å². The fourth-order valence-corrected chi connectivity index (χ4v) is 2.62. The summed E-state index contributed by atoms with van der Waals surface area (Å²) in [4.78, 5) is 29.7. The van der Waals surface area contributed by atoms with Crippen LogP contribution in [0.1, 0.15) is 10.4 Å². The van der Waals surface area contributed by atoms with Crippen LogP contribution in [0.15, 0.2) is 30.5 Å². The summed E-state index contributed by atoms with van der Waals surface area (Å²) in [5.74, 6) is -0.831. The molecule has 23 heavy (non-hydrogen) atoms. The summed E-state index contributed by atoms with van der Waals surface area (Å²) >= 11 is 0. The highest BCUT2D eigenvalue weighted by Crippen LogP contribution is 2.22. The number of fused-ring (bicyclic) bond motifs is 1. The average Bonchev–Trinajstić information content (AvgIpc) is 2.51. The van der Waals surface area contributed by atoms with Crippen LogP contribution in [0.25, 0.3) is 10.9 Å². The van der Waals surface area contributed by atoms with E-state index in [0.29, 0.717) is 29.6 Å². The van der Waals surface area contributed by atoms with E-state index in [1.54, 1.807) is 17.0 Å². The van der Waals surface area contributed by atoms with Crippen LogP contribution < -0.4 is 5.32 Å². The largest absolute Gasteiger partial charge is 0.375 e. The van der Waals surface area contributed by atoms with Crippen molar-refractivity contribution in [2.75, 3.05) is 26.8 Å². The summed E-state index contributed by atoms with van der Waals surface area (Å²) in [5, 5.41) is 3.09. The van der Waals surface area contributed by atoms with E-state index in [9.17, 15) is 14.0 Å². The van der Waals surface area contributed by atoms with Gasteiger partial charge in [-0.3, -0.25) is 14.6 Å². The van der Waals surface area contributed by atoms with Crippen molar-refractivity contribution in [3.63, 3.8) is 0 Å². The van der Waals surface area contributed by atoms with Crippen molar-refractivity contribution >= 4 is 22.7 Å². The van der Waals surface area contributed by atoms with Gasteiger partial charge in [0.2, 0.25) is 5.91 Å². The summed E-state index contributed by atoms with van der Waals surface area (Å²) in [6, 6.07) is 5.86. The van der Waals surface area contributed by atoms with Crippen molar-refractivity contribution < 1.29 is 18.7 Å². The number of carbonyl (C=O) groups excluding carboxylic acids is 2. The van der Waals surface area contributed by atoms with Crippen LogP contribution in [0, 0.1) is 5.82 Å². The second kappa shape index (κ2) is 6.29. The molecular formula is C16H16FN3O3. The lowest BCUT2D eigenvalue weighted by Gasteiger charge is -2.39. The van der Waals surface area contributed by atoms with Gasteiger partial charge in [0, 0.05) is 31.8 Å². The lowest BCUT2D eigenvalue weighted by atomic mass is 10.0. The molecule has 120 valence electrons. The van der Waals surface area contributed by atoms with Crippen molar-refractivity contribution in [1.82, 2.24) is 15.2 Å². The topological polar surface area (TPSA) is 71.5 Å². The molecule has 7 heteroatoms. The lowest BCUT2D eigenvalue weighted by molar-refractivity contribution is -0.126. The molecule has 1 aliphatic rings. The molecule has 1 N–H and O–H groups in total. The Hall–Kier alpha value is -2.54. The fraction of sp³-hybridized carbons (Fsp3) is 0.312. The number of benzene rings is 1. The zero-order valence-electron chi connectivity index (χ0n) is 12.6. The monoisotopic (exact) mass is 317 g/mol. The molecule has 1 aromatic carbocycles. The zero-order valence-corrected chi connectivity index (χ0v) is 12.6. The van der Waals surface area contributed by atoms with Gasteiger partial charge in [0.1, 0.15) is 12.4 Å². The number of halogens is 1. The number of nitrogens with one attached hydrogen (secondary N) is 1. The molecule has 6 nitrogen and oxygen atoms in total. The Morgan fingerprint density at radius 1 is 1.39 bits per heavy atom. The maximum atomic E-state index is 13.8. The molecule has 3 rings (SSSR count). The van der Waals surface area contributed by atoms with Crippen molar-refractivity contribution in [1.29, 1.82) is 0 Å². The summed E-state index contributed by atoms with van der Waals surface area (Å²) in [6.07, 6.45) is 1.53. The molecule has 0 radical (unpaired) electrons. The Bertz CT molecular complexity index is 759. The first kappa shape index (κ1) is 15.4. The number of hydrogen-bond donors (Lipinski definition) is 1. The molecule has 1 fully saturated rings. The van der Waals surface area contributed by atoms with Gasteiger partial charge in [-0.05, 0) is 24.3 Å². The van der Waals surface area contributed by atoms with Crippen molar-refractivity contribution in [2.24, 2.45) is 0 Å². The van der Waals surface area contributed by atoms with Gasteiger partial charge in [0.05, 0.1) is 17.1 Å². The smallest absolute Gasteiger partial charge is 0.256 e. The minimum absolute atomic E-state index is 0.00301. The van der Waals surface area contributed by atoms with Crippen molar-refractivity contribution in [3.8, 4) is 0 Å². The third-order valence-electron chi connectivity index (χ3n) is 3.76. The van der Waals surface area contributed by atoms with Gasteiger partial charge >= 0.3 is 0 Å². The molecule has 2 heterocycles. The van der Waals surface area contributed by atoms with Gasteiger partial charge in [-0.25, -0.2) is 4.39 Å².